The van der Waals surface area contributed by atoms with E-state index in [0.717, 1.165) is 5.52 Å². The Hall–Kier alpha value is -2.72. The fraction of sp³-hybridized carbons (Fsp3) is 0.0714. The molecule has 7 heteroatoms. The van der Waals surface area contributed by atoms with Crippen LogP contribution in [0.4, 0.5) is 4.39 Å². The lowest BCUT2D eigenvalue weighted by molar-refractivity contribution is 0.399. The van der Waals surface area contributed by atoms with E-state index in [0.29, 0.717) is 22.0 Å². The molecule has 0 saturated carbocycles. The number of aromatic nitrogens is 3. The minimum Gasteiger partial charge on any atom is -0.481 e. The fourth-order valence-corrected chi connectivity index (χ4v) is 2.36. The van der Waals surface area contributed by atoms with E-state index in [1.807, 2.05) is 6.07 Å². The molecule has 0 amide bonds. The average Bonchev–Trinajstić information content (AvgIpc) is 2.82. The molecular formula is C14H9FN4OS. The first-order valence-corrected chi connectivity index (χ1v) is 6.40. The summed E-state index contributed by atoms with van der Waals surface area (Å²) < 4.78 is 20.6. The molecule has 2 heterocycles. The Balaban J connectivity index is 2.32. The van der Waals surface area contributed by atoms with Gasteiger partial charge in [-0.1, -0.05) is 0 Å². The van der Waals surface area contributed by atoms with Crippen molar-refractivity contribution >= 4 is 23.4 Å². The second kappa shape index (κ2) is 5.00. The van der Waals surface area contributed by atoms with Crippen LogP contribution in [-0.4, -0.2) is 21.6 Å². The molecule has 0 aliphatic rings. The van der Waals surface area contributed by atoms with Crippen molar-refractivity contribution in [3.63, 3.8) is 0 Å². The van der Waals surface area contributed by atoms with E-state index >= 15 is 0 Å². The van der Waals surface area contributed by atoms with E-state index < -0.39 is 5.82 Å². The van der Waals surface area contributed by atoms with E-state index in [9.17, 15) is 4.39 Å². The van der Waals surface area contributed by atoms with Gasteiger partial charge in [0, 0.05) is 6.07 Å². The average molecular weight is 300 g/mol. The summed E-state index contributed by atoms with van der Waals surface area (Å²) in [5, 5.41) is 8.94. The van der Waals surface area contributed by atoms with Crippen molar-refractivity contribution < 1.29 is 9.13 Å². The van der Waals surface area contributed by atoms with Gasteiger partial charge in [0.05, 0.1) is 23.9 Å². The Morgan fingerprint density at radius 1 is 1.38 bits per heavy atom. The van der Waals surface area contributed by atoms with E-state index in [2.05, 4.69) is 9.97 Å². The number of nitrogens with one attached hydrogen (secondary N) is 1. The molecule has 2 aromatic heterocycles. The maximum atomic E-state index is 13.4. The van der Waals surface area contributed by atoms with Gasteiger partial charge >= 0.3 is 0 Å². The van der Waals surface area contributed by atoms with Gasteiger partial charge < -0.3 is 9.72 Å². The number of ether oxygens (including phenoxy) is 1. The van der Waals surface area contributed by atoms with Crippen molar-refractivity contribution in [1.82, 2.24) is 14.5 Å². The Morgan fingerprint density at radius 2 is 2.19 bits per heavy atom. The highest BCUT2D eigenvalue weighted by atomic mass is 32.1. The van der Waals surface area contributed by atoms with Crippen LogP contribution in [0.15, 0.2) is 30.3 Å². The number of methoxy groups -OCH3 is 1. The molecule has 0 saturated heterocycles. The van der Waals surface area contributed by atoms with Crippen LogP contribution in [0, 0.1) is 21.9 Å². The molecular weight excluding hydrogens is 291 g/mol. The van der Waals surface area contributed by atoms with Crippen molar-refractivity contribution in [2.75, 3.05) is 7.11 Å². The van der Waals surface area contributed by atoms with Crippen molar-refractivity contribution in [3.8, 4) is 17.6 Å². The van der Waals surface area contributed by atoms with Crippen LogP contribution in [0.25, 0.3) is 16.9 Å². The summed E-state index contributed by atoms with van der Waals surface area (Å²) in [5.74, 6) is -0.133. The molecule has 1 aromatic carbocycles. The minimum absolute atomic E-state index is 0.0494. The molecule has 0 aliphatic heterocycles. The lowest BCUT2D eigenvalue weighted by Gasteiger charge is -2.05. The third-order valence-corrected chi connectivity index (χ3v) is 3.33. The van der Waals surface area contributed by atoms with E-state index in [1.54, 1.807) is 22.8 Å². The summed E-state index contributed by atoms with van der Waals surface area (Å²) in [6, 6.07) is 9.52. The number of fused-ring (bicyclic) bond motifs is 1. The number of halogens is 1. The number of aromatic amines is 1. The lowest BCUT2D eigenvalue weighted by Crippen LogP contribution is -1.98. The van der Waals surface area contributed by atoms with E-state index in [4.69, 9.17) is 22.2 Å². The highest BCUT2D eigenvalue weighted by molar-refractivity contribution is 7.71. The molecule has 0 spiro atoms. The maximum Gasteiger partial charge on any atom is 0.215 e. The van der Waals surface area contributed by atoms with Crippen LogP contribution in [0.1, 0.15) is 5.56 Å². The van der Waals surface area contributed by atoms with Gasteiger partial charge in [-0.05, 0) is 36.5 Å². The van der Waals surface area contributed by atoms with Crippen molar-refractivity contribution in [1.29, 1.82) is 5.26 Å². The number of nitrogens with zero attached hydrogens (tertiary/aromatic N) is 3. The third kappa shape index (κ3) is 2.15. The van der Waals surface area contributed by atoms with Crippen LogP contribution < -0.4 is 4.74 Å². The molecule has 0 aliphatic carbocycles. The monoisotopic (exact) mass is 300 g/mol. The summed E-state index contributed by atoms with van der Waals surface area (Å²) in [7, 11) is 1.52. The summed E-state index contributed by atoms with van der Waals surface area (Å²) in [6.45, 7) is 0. The topological polar surface area (TPSA) is 66.6 Å². The van der Waals surface area contributed by atoms with Crippen LogP contribution in [0.5, 0.6) is 5.88 Å². The highest BCUT2D eigenvalue weighted by Crippen LogP contribution is 2.22. The molecule has 21 heavy (non-hydrogen) atoms. The van der Waals surface area contributed by atoms with Gasteiger partial charge in [0.1, 0.15) is 11.9 Å². The zero-order chi connectivity index (χ0) is 15.0. The standard InChI is InChI=1S/C14H9FN4OS/c1-20-12-5-4-11-13(18-12)19(14(21)17-11)9-2-3-10(15)8(6-9)7-16/h2-6H,1H3,(H,17,21). The largest absolute Gasteiger partial charge is 0.481 e. The lowest BCUT2D eigenvalue weighted by atomic mass is 10.2. The van der Waals surface area contributed by atoms with E-state index in [-0.39, 0.29) is 5.56 Å². The zero-order valence-electron chi connectivity index (χ0n) is 10.9. The Kier molecular flexibility index (Phi) is 3.16. The van der Waals surface area contributed by atoms with Crippen LogP contribution in [-0.2, 0) is 0 Å². The SMILES string of the molecule is COc1ccc2[nH]c(=S)n(-c3ccc(F)c(C#N)c3)c2n1. The van der Waals surface area contributed by atoms with Gasteiger partial charge in [-0.3, -0.25) is 4.57 Å². The molecule has 0 fully saturated rings. The Morgan fingerprint density at radius 3 is 2.90 bits per heavy atom. The van der Waals surface area contributed by atoms with Gasteiger partial charge in [-0.15, -0.1) is 0 Å². The first-order valence-electron chi connectivity index (χ1n) is 6.00. The number of H-pyrrole nitrogens is 1. The Bertz CT molecular complexity index is 938. The highest BCUT2D eigenvalue weighted by Gasteiger charge is 2.11. The molecule has 0 atom stereocenters. The number of pyridine rings is 1. The number of imidazole rings is 1. The normalized spacial score (nSPS) is 10.5. The Labute approximate surface area is 124 Å². The van der Waals surface area contributed by atoms with Crippen molar-refractivity contribution in [3.05, 3.63) is 46.5 Å². The number of rotatable bonds is 2. The van der Waals surface area contributed by atoms with Gasteiger partial charge in [0.25, 0.3) is 0 Å². The van der Waals surface area contributed by atoms with Gasteiger partial charge in [-0.25, -0.2) is 4.39 Å². The van der Waals surface area contributed by atoms with Crippen LogP contribution >= 0.6 is 12.2 Å². The van der Waals surface area contributed by atoms with Crippen LogP contribution in [0.2, 0.25) is 0 Å². The maximum absolute atomic E-state index is 13.4. The molecule has 3 rings (SSSR count). The molecule has 104 valence electrons. The quantitative estimate of drug-likeness (QED) is 0.738. The summed E-state index contributed by atoms with van der Waals surface area (Å²) >= 11 is 5.28. The van der Waals surface area contributed by atoms with Crippen molar-refractivity contribution in [2.45, 2.75) is 0 Å². The molecule has 1 N–H and O–H groups in total. The molecule has 0 bridgehead atoms. The molecule has 0 unspecified atom stereocenters. The predicted molar refractivity (Wildman–Crippen MR) is 77.5 cm³/mol. The van der Waals surface area contributed by atoms with Crippen LogP contribution in [0.3, 0.4) is 0 Å². The summed E-state index contributed by atoms with van der Waals surface area (Å²) in [4.78, 5) is 7.35. The van der Waals surface area contributed by atoms with Crippen molar-refractivity contribution in [2.24, 2.45) is 0 Å². The number of nitriles is 1. The van der Waals surface area contributed by atoms with Gasteiger partial charge in [0.15, 0.2) is 10.4 Å². The first-order chi connectivity index (χ1) is 10.1. The summed E-state index contributed by atoms with van der Waals surface area (Å²) in [5.41, 5.74) is 1.79. The number of hydrogen-bond acceptors (Lipinski definition) is 4. The second-order valence-electron chi connectivity index (χ2n) is 4.27. The minimum atomic E-state index is -0.571. The second-order valence-corrected chi connectivity index (χ2v) is 4.65. The molecule has 5 nitrogen and oxygen atoms in total. The molecule has 3 aromatic rings. The van der Waals surface area contributed by atoms with Gasteiger partial charge in [-0.2, -0.15) is 10.2 Å². The number of benzene rings is 1. The first kappa shape index (κ1) is 13.3. The smallest absolute Gasteiger partial charge is 0.215 e. The summed E-state index contributed by atoms with van der Waals surface area (Å²) in [6.07, 6.45) is 0. The zero-order valence-corrected chi connectivity index (χ0v) is 11.7. The van der Waals surface area contributed by atoms with Gasteiger partial charge in [0.2, 0.25) is 5.88 Å². The third-order valence-electron chi connectivity index (χ3n) is 3.04. The number of hydrogen-bond donors (Lipinski definition) is 1. The predicted octanol–water partition coefficient (Wildman–Crippen LogP) is 3.10. The van der Waals surface area contributed by atoms with E-state index in [1.165, 1.54) is 19.2 Å². The molecule has 0 radical (unpaired) electrons. The fourth-order valence-electron chi connectivity index (χ4n) is 2.06.